The van der Waals surface area contributed by atoms with Gasteiger partial charge in [-0.15, -0.1) is 0 Å². The molecule has 0 aromatic heterocycles. The van der Waals surface area contributed by atoms with Crippen LogP contribution in [0.15, 0.2) is 11.6 Å². The number of rotatable bonds is 6. The molecule has 4 rings (SSSR count). The molecule has 10 atom stereocenters. The Hall–Kier alpha value is -0.420. The molecule has 0 aromatic rings. The van der Waals surface area contributed by atoms with Crippen LogP contribution in [0, 0.1) is 40.4 Å². The lowest BCUT2D eigenvalue weighted by molar-refractivity contribution is -0.0972. The van der Waals surface area contributed by atoms with E-state index in [1.165, 1.54) is 31.3 Å². The van der Waals surface area contributed by atoms with Gasteiger partial charge in [0.25, 0.3) is 0 Å². The van der Waals surface area contributed by atoms with Crippen LogP contribution in [0.3, 0.4) is 0 Å². The first-order valence-corrected chi connectivity index (χ1v) is 12.9. The van der Waals surface area contributed by atoms with Gasteiger partial charge < -0.3 is 20.4 Å². The normalized spacial score (nSPS) is 47.5. The first kappa shape index (κ1) is 23.7. The highest BCUT2D eigenvalue weighted by Gasteiger charge is 2.61. The molecule has 2 unspecified atom stereocenters. The molecule has 4 aliphatic rings. The fourth-order valence-corrected chi connectivity index (χ4v) is 8.69. The minimum Gasteiger partial charge on any atom is -0.393 e. The first-order chi connectivity index (χ1) is 14.5. The average Bonchev–Trinajstić information content (AvgIpc) is 3.06. The summed E-state index contributed by atoms with van der Waals surface area (Å²) < 4.78 is 0. The van der Waals surface area contributed by atoms with Crippen LogP contribution in [-0.4, -0.2) is 44.8 Å². The van der Waals surface area contributed by atoms with Gasteiger partial charge in [-0.1, -0.05) is 45.3 Å². The fraction of sp³-hybridized carbons (Fsp3) is 0.926. The average molecular weight is 435 g/mol. The zero-order chi connectivity index (χ0) is 22.6. The van der Waals surface area contributed by atoms with E-state index in [9.17, 15) is 20.4 Å². The molecule has 4 nitrogen and oxygen atoms in total. The van der Waals surface area contributed by atoms with Crippen molar-refractivity contribution in [2.24, 2.45) is 40.4 Å². The molecule has 0 aromatic carbocycles. The maximum Gasteiger partial charge on any atom is 0.0849 e. The Labute approximate surface area is 189 Å². The predicted octanol–water partition coefficient (Wildman–Crippen LogP) is 4.45. The number of aliphatic hydroxyl groups is 4. The highest BCUT2D eigenvalue weighted by molar-refractivity contribution is 5.27. The summed E-state index contributed by atoms with van der Waals surface area (Å²) in [6.07, 6.45) is 11.9. The predicted molar refractivity (Wildman–Crippen MR) is 123 cm³/mol. The van der Waals surface area contributed by atoms with Gasteiger partial charge in [-0.25, -0.2) is 0 Å². The topological polar surface area (TPSA) is 80.9 Å². The van der Waals surface area contributed by atoms with Crippen molar-refractivity contribution in [1.82, 2.24) is 0 Å². The number of fused-ring (bicyclic) bond motifs is 5. The van der Waals surface area contributed by atoms with Gasteiger partial charge in [-0.05, 0) is 98.7 Å². The van der Waals surface area contributed by atoms with Crippen LogP contribution in [-0.2, 0) is 0 Å². The van der Waals surface area contributed by atoms with E-state index >= 15 is 0 Å². The van der Waals surface area contributed by atoms with Gasteiger partial charge in [-0.3, -0.25) is 0 Å². The number of hydrogen-bond acceptors (Lipinski definition) is 4. The molecule has 0 aliphatic heterocycles. The van der Waals surface area contributed by atoms with E-state index in [4.69, 9.17) is 0 Å². The van der Waals surface area contributed by atoms with E-state index in [0.717, 1.165) is 32.1 Å². The van der Waals surface area contributed by atoms with Gasteiger partial charge in [-0.2, -0.15) is 0 Å². The second kappa shape index (κ2) is 8.42. The highest BCUT2D eigenvalue weighted by Crippen LogP contribution is 2.67. The Balaban J connectivity index is 1.49. The second-order valence-electron chi connectivity index (χ2n) is 12.5. The summed E-state index contributed by atoms with van der Waals surface area (Å²) >= 11 is 0. The van der Waals surface area contributed by atoms with Crippen LogP contribution in [0.5, 0.6) is 0 Å². The Morgan fingerprint density at radius 2 is 1.84 bits per heavy atom. The van der Waals surface area contributed by atoms with Crippen LogP contribution in [0.2, 0.25) is 0 Å². The third-order valence-electron chi connectivity index (χ3n) is 10.6. The summed E-state index contributed by atoms with van der Waals surface area (Å²) in [5, 5.41) is 41.0. The van der Waals surface area contributed by atoms with Gasteiger partial charge in [0.1, 0.15) is 0 Å². The Morgan fingerprint density at radius 1 is 1.10 bits per heavy atom. The molecule has 0 amide bonds. The minimum atomic E-state index is -0.959. The van der Waals surface area contributed by atoms with Crippen molar-refractivity contribution in [2.75, 3.05) is 6.61 Å². The monoisotopic (exact) mass is 434 g/mol. The maximum atomic E-state index is 11.3. The van der Waals surface area contributed by atoms with E-state index in [1.54, 1.807) is 6.92 Å². The lowest BCUT2D eigenvalue weighted by Crippen LogP contribution is -2.54. The molecule has 4 aliphatic carbocycles. The lowest BCUT2D eigenvalue weighted by Gasteiger charge is -2.59. The van der Waals surface area contributed by atoms with Crippen molar-refractivity contribution >= 4 is 0 Å². The molecule has 178 valence electrons. The second-order valence-corrected chi connectivity index (χ2v) is 12.5. The van der Waals surface area contributed by atoms with Crippen molar-refractivity contribution < 1.29 is 20.4 Å². The molecule has 0 saturated heterocycles. The van der Waals surface area contributed by atoms with E-state index in [0.29, 0.717) is 36.0 Å². The fourth-order valence-electron chi connectivity index (χ4n) is 8.69. The quantitative estimate of drug-likeness (QED) is 0.466. The zero-order valence-electron chi connectivity index (χ0n) is 20.2. The summed E-state index contributed by atoms with van der Waals surface area (Å²) in [7, 11) is 0. The first-order valence-electron chi connectivity index (χ1n) is 12.9. The van der Waals surface area contributed by atoms with E-state index in [1.807, 2.05) is 0 Å². The summed E-state index contributed by atoms with van der Waals surface area (Å²) in [6, 6.07) is 0. The van der Waals surface area contributed by atoms with Crippen LogP contribution in [0.4, 0.5) is 0 Å². The standard InChI is InChI=1S/C27H46O4/c1-17(6-5-11-25(2,31)16-28)20-7-8-21-24-22(10-13-27(20,21)4)26(3)12-9-19(29)14-18(26)15-23(24)30/h15,17,19-24,28-31H,5-14,16H2,1-4H3/t17?,19-,20+,21-,22-,23+,24-,25?,26-,27+/m0/s1. The molecular formula is C27H46O4. The van der Waals surface area contributed by atoms with Gasteiger partial charge in [0.15, 0.2) is 0 Å². The molecule has 31 heavy (non-hydrogen) atoms. The van der Waals surface area contributed by atoms with Crippen LogP contribution in [0.1, 0.15) is 91.9 Å². The number of aliphatic hydroxyl groups excluding tert-OH is 3. The van der Waals surface area contributed by atoms with Gasteiger partial charge in [0, 0.05) is 0 Å². The third kappa shape index (κ3) is 4.05. The van der Waals surface area contributed by atoms with E-state index in [-0.39, 0.29) is 29.6 Å². The molecule has 3 fully saturated rings. The molecule has 0 bridgehead atoms. The summed E-state index contributed by atoms with van der Waals surface area (Å²) in [4.78, 5) is 0. The Morgan fingerprint density at radius 3 is 2.55 bits per heavy atom. The van der Waals surface area contributed by atoms with Crippen molar-refractivity contribution in [3.05, 3.63) is 11.6 Å². The van der Waals surface area contributed by atoms with Gasteiger partial charge >= 0.3 is 0 Å². The van der Waals surface area contributed by atoms with Crippen molar-refractivity contribution in [1.29, 1.82) is 0 Å². The molecule has 0 radical (unpaired) electrons. The van der Waals surface area contributed by atoms with Crippen LogP contribution < -0.4 is 0 Å². The molecule has 0 heterocycles. The van der Waals surface area contributed by atoms with Crippen molar-refractivity contribution in [3.8, 4) is 0 Å². The van der Waals surface area contributed by atoms with Gasteiger partial charge in [0.2, 0.25) is 0 Å². The van der Waals surface area contributed by atoms with Crippen LogP contribution >= 0.6 is 0 Å². The lowest BCUT2D eigenvalue weighted by atomic mass is 9.46. The summed E-state index contributed by atoms with van der Waals surface area (Å²) in [5.41, 5.74) is 0.808. The smallest absolute Gasteiger partial charge is 0.0849 e. The SMILES string of the molecule is CC(CCCC(C)(O)CO)[C@H]1CC[C@H]2[C@@H]3[C@H](O)C=C4C[C@@H](O)CC[C@]4(C)[C@H]3CC[C@]12C. The molecular weight excluding hydrogens is 388 g/mol. The molecule has 0 spiro atoms. The number of hydrogen-bond donors (Lipinski definition) is 4. The largest absolute Gasteiger partial charge is 0.393 e. The Kier molecular flexibility index (Phi) is 6.44. The molecule has 3 saturated carbocycles. The zero-order valence-corrected chi connectivity index (χ0v) is 20.2. The van der Waals surface area contributed by atoms with Crippen LogP contribution in [0.25, 0.3) is 0 Å². The van der Waals surface area contributed by atoms with E-state index < -0.39 is 5.60 Å². The van der Waals surface area contributed by atoms with Crippen molar-refractivity contribution in [2.45, 2.75) is 110 Å². The van der Waals surface area contributed by atoms with Gasteiger partial charge in [0.05, 0.1) is 24.4 Å². The highest BCUT2D eigenvalue weighted by atomic mass is 16.3. The summed E-state index contributed by atoms with van der Waals surface area (Å²) in [5.74, 6) is 2.76. The summed E-state index contributed by atoms with van der Waals surface area (Å²) in [6.45, 7) is 8.86. The van der Waals surface area contributed by atoms with E-state index in [2.05, 4.69) is 26.8 Å². The minimum absolute atomic E-state index is 0.157. The van der Waals surface area contributed by atoms with Crippen molar-refractivity contribution in [3.63, 3.8) is 0 Å². The molecule has 4 heteroatoms. The molecule has 4 N–H and O–H groups in total. The maximum absolute atomic E-state index is 11.3. The Bertz CT molecular complexity index is 687. The third-order valence-corrected chi connectivity index (χ3v) is 10.6.